The van der Waals surface area contributed by atoms with Crippen LogP contribution in [0.5, 0.6) is 5.75 Å². The first-order valence-corrected chi connectivity index (χ1v) is 6.55. The van der Waals surface area contributed by atoms with Crippen LogP contribution in [0.2, 0.25) is 0 Å². The van der Waals surface area contributed by atoms with E-state index < -0.39 is 11.7 Å². The lowest BCUT2D eigenvalue weighted by molar-refractivity contribution is -0.114. The zero-order chi connectivity index (χ0) is 16.3. The third kappa shape index (κ3) is 3.60. The molecule has 0 aliphatic heterocycles. The number of carbonyl (C=O) groups excluding carboxylic acids is 2. The van der Waals surface area contributed by atoms with E-state index in [1.165, 1.54) is 19.1 Å². The number of amides is 2. The van der Waals surface area contributed by atoms with E-state index >= 15 is 0 Å². The van der Waals surface area contributed by atoms with Gasteiger partial charge in [0.15, 0.2) is 0 Å². The van der Waals surface area contributed by atoms with Gasteiger partial charge < -0.3 is 15.7 Å². The number of aryl methyl sites for hydroxylation is 1. The topological polar surface area (TPSA) is 78.4 Å². The Labute approximate surface area is 126 Å². The molecule has 0 saturated heterocycles. The predicted octanol–water partition coefficient (Wildman–Crippen LogP) is 3.05. The molecule has 6 heteroatoms. The van der Waals surface area contributed by atoms with Gasteiger partial charge in [-0.25, -0.2) is 4.39 Å². The third-order valence-corrected chi connectivity index (χ3v) is 2.93. The predicted molar refractivity (Wildman–Crippen MR) is 81.5 cm³/mol. The minimum absolute atomic E-state index is 0.201. The molecule has 0 atom stereocenters. The van der Waals surface area contributed by atoms with Crippen LogP contribution in [0.25, 0.3) is 0 Å². The van der Waals surface area contributed by atoms with Crippen LogP contribution in [0, 0.1) is 12.7 Å². The second kappa shape index (κ2) is 6.26. The van der Waals surface area contributed by atoms with Crippen LogP contribution >= 0.6 is 0 Å². The summed E-state index contributed by atoms with van der Waals surface area (Å²) in [5.74, 6) is -2.04. The number of anilines is 2. The molecular weight excluding hydrogens is 287 g/mol. The van der Waals surface area contributed by atoms with Gasteiger partial charge >= 0.3 is 0 Å². The molecule has 3 N–H and O–H groups in total. The Bertz CT molecular complexity index is 744. The smallest absolute Gasteiger partial charge is 0.258 e. The van der Waals surface area contributed by atoms with Gasteiger partial charge in [0.1, 0.15) is 11.6 Å². The van der Waals surface area contributed by atoms with Crippen LogP contribution < -0.4 is 10.6 Å². The first-order valence-electron chi connectivity index (χ1n) is 6.55. The van der Waals surface area contributed by atoms with Gasteiger partial charge in [0.25, 0.3) is 5.91 Å². The lowest BCUT2D eigenvalue weighted by Gasteiger charge is -2.13. The molecule has 0 unspecified atom stereocenters. The quantitative estimate of drug-likeness (QED) is 0.815. The zero-order valence-corrected chi connectivity index (χ0v) is 12.1. The highest BCUT2D eigenvalue weighted by Gasteiger charge is 2.14. The minimum Gasteiger partial charge on any atom is -0.508 e. The van der Waals surface area contributed by atoms with Crippen LogP contribution in [-0.4, -0.2) is 16.9 Å². The molecule has 0 aromatic heterocycles. The van der Waals surface area contributed by atoms with Crippen LogP contribution in [0.4, 0.5) is 15.8 Å². The maximum Gasteiger partial charge on any atom is 0.258 e. The van der Waals surface area contributed by atoms with Gasteiger partial charge in [-0.1, -0.05) is 6.07 Å². The number of carbonyl (C=O) groups is 2. The molecule has 2 aromatic rings. The second-order valence-electron chi connectivity index (χ2n) is 4.85. The summed E-state index contributed by atoms with van der Waals surface area (Å²) in [6.07, 6.45) is 0. The minimum atomic E-state index is -0.828. The van der Waals surface area contributed by atoms with Crippen molar-refractivity contribution in [3.05, 3.63) is 53.3 Å². The Kier molecular flexibility index (Phi) is 4.41. The molecule has 0 bridgehead atoms. The third-order valence-electron chi connectivity index (χ3n) is 2.93. The molecule has 0 radical (unpaired) electrons. The molecule has 114 valence electrons. The number of rotatable bonds is 3. The van der Waals surface area contributed by atoms with Crippen molar-refractivity contribution in [2.45, 2.75) is 13.8 Å². The Morgan fingerprint density at radius 3 is 2.41 bits per heavy atom. The van der Waals surface area contributed by atoms with Crippen LogP contribution in [0.15, 0.2) is 36.4 Å². The van der Waals surface area contributed by atoms with Gasteiger partial charge in [-0.15, -0.1) is 0 Å². The summed E-state index contributed by atoms with van der Waals surface area (Å²) >= 11 is 0. The number of halogens is 1. The van der Waals surface area contributed by atoms with Crippen molar-refractivity contribution in [2.75, 3.05) is 10.6 Å². The van der Waals surface area contributed by atoms with Crippen molar-refractivity contribution in [2.24, 2.45) is 0 Å². The number of nitrogens with one attached hydrogen (secondary N) is 2. The van der Waals surface area contributed by atoms with E-state index in [0.717, 1.165) is 11.6 Å². The van der Waals surface area contributed by atoms with Crippen molar-refractivity contribution < 1.29 is 19.1 Å². The van der Waals surface area contributed by atoms with E-state index in [-0.39, 0.29) is 17.2 Å². The van der Waals surface area contributed by atoms with Gasteiger partial charge in [-0.2, -0.15) is 0 Å². The Balaban J connectivity index is 2.31. The van der Waals surface area contributed by atoms with E-state index in [0.29, 0.717) is 11.4 Å². The summed E-state index contributed by atoms with van der Waals surface area (Å²) in [6.45, 7) is 3.18. The highest BCUT2D eigenvalue weighted by molar-refractivity contribution is 6.07. The number of hydrogen-bond donors (Lipinski definition) is 3. The number of aromatic hydroxyl groups is 1. The van der Waals surface area contributed by atoms with Gasteiger partial charge in [0.2, 0.25) is 5.91 Å². The number of phenols is 1. The van der Waals surface area contributed by atoms with E-state index in [2.05, 4.69) is 10.6 Å². The van der Waals surface area contributed by atoms with E-state index in [1.807, 2.05) is 6.92 Å². The summed E-state index contributed by atoms with van der Waals surface area (Å²) in [6, 6.07) is 8.37. The Hall–Kier alpha value is -2.89. The molecular formula is C16H15FN2O3. The molecule has 5 nitrogen and oxygen atoms in total. The van der Waals surface area contributed by atoms with Crippen molar-refractivity contribution in [1.82, 2.24) is 0 Å². The average Bonchev–Trinajstić information content (AvgIpc) is 2.41. The maximum absolute atomic E-state index is 13.7. The van der Waals surface area contributed by atoms with Gasteiger partial charge in [-0.3, -0.25) is 9.59 Å². The molecule has 0 saturated carbocycles. The molecule has 2 rings (SSSR count). The molecule has 0 spiro atoms. The second-order valence-corrected chi connectivity index (χ2v) is 4.85. The largest absolute Gasteiger partial charge is 0.508 e. The van der Waals surface area contributed by atoms with Gasteiger partial charge in [0.05, 0.1) is 16.9 Å². The van der Waals surface area contributed by atoms with Crippen LogP contribution in [-0.2, 0) is 4.79 Å². The fraction of sp³-hybridized carbons (Fsp3) is 0.125. The summed E-state index contributed by atoms with van der Waals surface area (Å²) in [5.41, 5.74) is 1.46. The molecule has 2 aromatic carbocycles. The summed E-state index contributed by atoms with van der Waals surface area (Å²) in [7, 11) is 0. The fourth-order valence-corrected chi connectivity index (χ4v) is 1.94. The first kappa shape index (κ1) is 15.5. The molecule has 0 aliphatic rings. The van der Waals surface area contributed by atoms with Gasteiger partial charge in [0, 0.05) is 13.0 Å². The highest BCUT2D eigenvalue weighted by Crippen LogP contribution is 2.24. The number of phenolic OH excluding ortho intramolecular Hbond substituents is 1. The van der Waals surface area contributed by atoms with Crippen LogP contribution in [0.1, 0.15) is 22.8 Å². The molecule has 0 fully saturated rings. The Morgan fingerprint density at radius 1 is 1.05 bits per heavy atom. The lowest BCUT2D eigenvalue weighted by Crippen LogP contribution is -2.16. The van der Waals surface area contributed by atoms with Crippen LogP contribution in [0.3, 0.4) is 0 Å². The van der Waals surface area contributed by atoms with Crippen molar-refractivity contribution >= 4 is 23.2 Å². The van der Waals surface area contributed by atoms with E-state index in [9.17, 15) is 14.0 Å². The SMILES string of the molecule is CC(=O)Nc1ccc(C)cc1NC(=O)c1ccc(O)cc1F. The molecule has 2 amide bonds. The monoisotopic (exact) mass is 302 g/mol. The van der Waals surface area contributed by atoms with E-state index in [1.54, 1.807) is 18.2 Å². The summed E-state index contributed by atoms with van der Waals surface area (Å²) < 4.78 is 13.7. The van der Waals surface area contributed by atoms with Gasteiger partial charge in [-0.05, 0) is 36.8 Å². The standard InChI is InChI=1S/C16H15FN2O3/c1-9-3-6-14(18-10(2)20)15(7-9)19-16(22)12-5-4-11(21)8-13(12)17/h3-8,21H,1-2H3,(H,18,20)(H,19,22). The normalized spacial score (nSPS) is 10.1. The lowest BCUT2D eigenvalue weighted by atomic mass is 10.1. The number of hydrogen-bond acceptors (Lipinski definition) is 3. The summed E-state index contributed by atoms with van der Waals surface area (Å²) in [5, 5.41) is 14.3. The number of benzene rings is 2. The summed E-state index contributed by atoms with van der Waals surface area (Å²) in [4.78, 5) is 23.3. The fourth-order valence-electron chi connectivity index (χ4n) is 1.94. The van der Waals surface area contributed by atoms with Crippen molar-refractivity contribution in [3.8, 4) is 5.75 Å². The molecule has 0 aliphatic carbocycles. The zero-order valence-electron chi connectivity index (χ0n) is 12.1. The average molecular weight is 302 g/mol. The maximum atomic E-state index is 13.7. The Morgan fingerprint density at radius 2 is 1.77 bits per heavy atom. The molecule has 0 heterocycles. The molecule has 22 heavy (non-hydrogen) atoms. The van der Waals surface area contributed by atoms with Crippen molar-refractivity contribution in [1.29, 1.82) is 0 Å². The highest BCUT2D eigenvalue weighted by atomic mass is 19.1. The van der Waals surface area contributed by atoms with Crippen molar-refractivity contribution in [3.63, 3.8) is 0 Å². The van der Waals surface area contributed by atoms with E-state index in [4.69, 9.17) is 5.11 Å². The first-order chi connectivity index (χ1) is 10.4.